The Morgan fingerprint density at radius 2 is 1.97 bits per heavy atom. The third kappa shape index (κ3) is 3.97. The number of aromatic nitrogens is 1. The number of amides is 1. The molecule has 1 aliphatic rings. The number of rotatable bonds is 8. The summed E-state index contributed by atoms with van der Waals surface area (Å²) < 4.78 is 16.5. The molecule has 0 unspecified atom stereocenters. The monoisotopic (exact) mass is 452 g/mol. The number of aliphatic carboxylic acids is 1. The van der Waals surface area contributed by atoms with E-state index >= 15 is 0 Å². The summed E-state index contributed by atoms with van der Waals surface area (Å²) >= 11 is 0. The Kier molecular flexibility index (Phi) is 5.95. The molecule has 1 aromatic heterocycles. The fourth-order valence-corrected chi connectivity index (χ4v) is 4.05. The van der Waals surface area contributed by atoms with E-state index in [2.05, 4.69) is 4.98 Å². The Labute approximate surface area is 189 Å². The third-order valence-corrected chi connectivity index (χ3v) is 5.53. The minimum atomic E-state index is -1.07. The van der Waals surface area contributed by atoms with Gasteiger partial charge in [0.25, 0.3) is 5.91 Å². The number of hydrogen-bond donors (Lipinski definition) is 2. The molecule has 2 heterocycles. The van der Waals surface area contributed by atoms with Gasteiger partial charge in [0.2, 0.25) is 5.78 Å². The number of methoxy groups -OCH3 is 1. The highest BCUT2D eigenvalue weighted by Gasteiger charge is 2.27. The summed E-state index contributed by atoms with van der Waals surface area (Å²) in [5, 5.41) is 10.1. The predicted octanol–water partition coefficient (Wildman–Crippen LogP) is 3.18. The van der Waals surface area contributed by atoms with Gasteiger partial charge in [-0.05, 0) is 38.1 Å². The molecule has 0 radical (unpaired) electrons. The first-order valence-corrected chi connectivity index (χ1v) is 10.6. The van der Waals surface area contributed by atoms with Gasteiger partial charge in [0.1, 0.15) is 5.75 Å². The van der Waals surface area contributed by atoms with Crippen LogP contribution < -0.4 is 19.1 Å². The zero-order chi connectivity index (χ0) is 23.7. The van der Waals surface area contributed by atoms with Crippen molar-refractivity contribution in [3.8, 4) is 17.2 Å². The highest BCUT2D eigenvalue weighted by molar-refractivity contribution is 6.13. The summed E-state index contributed by atoms with van der Waals surface area (Å²) in [4.78, 5) is 42.0. The van der Waals surface area contributed by atoms with Crippen molar-refractivity contribution in [2.45, 2.75) is 20.3 Å². The molecule has 2 N–H and O–H groups in total. The number of carboxylic acid groups (broad SMARTS) is 1. The lowest BCUT2D eigenvalue weighted by molar-refractivity contribution is -0.136. The highest BCUT2D eigenvalue weighted by atomic mass is 16.5. The molecule has 0 saturated carbocycles. The Morgan fingerprint density at radius 1 is 1.18 bits per heavy atom. The van der Waals surface area contributed by atoms with Gasteiger partial charge in [-0.3, -0.25) is 14.4 Å². The number of ether oxygens (including phenoxy) is 3. The molecule has 0 aliphatic carbocycles. The summed E-state index contributed by atoms with van der Waals surface area (Å²) in [5.41, 5.74) is 1.88. The van der Waals surface area contributed by atoms with Gasteiger partial charge in [-0.25, -0.2) is 0 Å². The first kappa shape index (κ1) is 22.2. The summed E-state index contributed by atoms with van der Waals surface area (Å²) in [6.45, 7) is 4.45. The lowest BCUT2D eigenvalue weighted by Gasteiger charge is -2.28. The van der Waals surface area contributed by atoms with E-state index in [1.807, 2.05) is 13.8 Å². The lowest BCUT2D eigenvalue weighted by atomic mass is 10.00. The molecule has 0 spiro atoms. The van der Waals surface area contributed by atoms with Gasteiger partial charge in [-0.1, -0.05) is 0 Å². The smallest absolute Gasteiger partial charge is 0.307 e. The molecule has 9 heteroatoms. The number of nitrogens with zero attached hydrogens (tertiary/aromatic N) is 1. The Hall–Kier alpha value is -4.01. The number of ketones is 1. The Balaban J connectivity index is 1.85. The van der Waals surface area contributed by atoms with E-state index in [1.165, 1.54) is 7.11 Å². The van der Waals surface area contributed by atoms with Gasteiger partial charge in [-0.15, -0.1) is 0 Å². The fourth-order valence-electron chi connectivity index (χ4n) is 4.05. The SMILES string of the molecule is CCOc1cc2c(CC(=O)O)c(C(=O)c3ccc4c(c3)N(CC)C(=O)CO4)[nH]c2cc1OC. The van der Waals surface area contributed by atoms with Crippen molar-refractivity contribution in [3.63, 3.8) is 0 Å². The van der Waals surface area contributed by atoms with Crippen LogP contribution in [0.1, 0.15) is 35.5 Å². The number of hydrogen-bond acceptors (Lipinski definition) is 6. The van der Waals surface area contributed by atoms with E-state index in [0.717, 1.165) is 0 Å². The van der Waals surface area contributed by atoms with Gasteiger partial charge in [-0.2, -0.15) is 0 Å². The van der Waals surface area contributed by atoms with Crippen LogP contribution >= 0.6 is 0 Å². The number of carbonyl (C=O) groups is 3. The molecule has 0 saturated heterocycles. The number of carbonyl (C=O) groups excluding carboxylic acids is 2. The lowest BCUT2D eigenvalue weighted by Crippen LogP contribution is -2.38. The summed E-state index contributed by atoms with van der Waals surface area (Å²) in [7, 11) is 1.51. The predicted molar refractivity (Wildman–Crippen MR) is 121 cm³/mol. The molecule has 172 valence electrons. The molecule has 1 aliphatic heterocycles. The van der Waals surface area contributed by atoms with Crippen LogP contribution in [-0.2, 0) is 16.0 Å². The van der Waals surface area contributed by atoms with Gasteiger partial charge in [0, 0.05) is 29.1 Å². The molecule has 33 heavy (non-hydrogen) atoms. The van der Waals surface area contributed by atoms with Gasteiger partial charge in [0.15, 0.2) is 18.1 Å². The minimum Gasteiger partial charge on any atom is -0.493 e. The number of fused-ring (bicyclic) bond motifs is 2. The number of aromatic amines is 1. The van der Waals surface area contributed by atoms with Crippen molar-refractivity contribution < 1.29 is 33.7 Å². The maximum Gasteiger partial charge on any atom is 0.307 e. The molecular formula is C24H24N2O7. The van der Waals surface area contributed by atoms with Crippen molar-refractivity contribution in [2.24, 2.45) is 0 Å². The van der Waals surface area contributed by atoms with E-state index in [-0.39, 0.29) is 24.6 Å². The van der Waals surface area contributed by atoms with Crippen LogP contribution in [-0.4, -0.2) is 54.6 Å². The largest absolute Gasteiger partial charge is 0.493 e. The molecule has 0 bridgehead atoms. The normalized spacial score (nSPS) is 12.9. The van der Waals surface area contributed by atoms with Crippen LogP contribution in [0.15, 0.2) is 30.3 Å². The van der Waals surface area contributed by atoms with Gasteiger partial charge in [0.05, 0.1) is 37.0 Å². The first-order chi connectivity index (χ1) is 15.9. The van der Waals surface area contributed by atoms with E-state index in [0.29, 0.717) is 58.1 Å². The van der Waals surface area contributed by atoms with Crippen molar-refractivity contribution in [1.82, 2.24) is 4.98 Å². The van der Waals surface area contributed by atoms with Crippen molar-refractivity contribution in [2.75, 3.05) is 31.8 Å². The van der Waals surface area contributed by atoms with Gasteiger partial charge >= 0.3 is 5.97 Å². The number of H-pyrrole nitrogens is 1. The molecule has 1 amide bonds. The second kappa shape index (κ2) is 8.85. The van der Waals surface area contributed by atoms with Crippen molar-refractivity contribution in [1.29, 1.82) is 0 Å². The molecule has 3 aromatic rings. The van der Waals surface area contributed by atoms with E-state index in [1.54, 1.807) is 35.2 Å². The van der Waals surface area contributed by atoms with Crippen LogP contribution in [0, 0.1) is 0 Å². The minimum absolute atomic E-state index is 0.0527. The van der Waals surface area contributed by atoms with E-state index < -0.39 is 11.8 Å². The molecule has 0 fully saturated rings. The topological polar surface area (TPSA) is 118 Å². The third-order valence-electron chi connectivity index (χ3n) is 5.53. The van der Waals surface area contributed by atoms with Crippen molar-refractivity contribution >= 4 is 34.3 Å². The number of likely N-dealkylation sites (N-methyl/N-ethyl adjacent to an activating group) is 1. The fraction of sp³-hybridized carbons (Fsp3) is 0.292. The maximum absolute atomic E-state index is 13.5. The van der Waals surface area contributed by atoms with Crippen molar-refractivity contribution in [3.05, 3.63) is 47.2 Å². The van der Waals surface area contributed by atoms with Crippen LogP contribution in [0.4, 0.5) is 5.69 Å². The van der Waals surface area contributed by atoms with Crippen LogP contribution in [0.5, 0.6) is 17.2 Å². The number of anilines is 1. The average molecular weight is 452 g/mol. The quantitative estimate of drug-likeness (QED) is 0.504. The standard InChI is InChI=1S/C24H24N2O7/c1-4-26-17-8-13(6-7-18(17)33-12-21(26)27)24(30)23-15(10-22(28)29)14-9-20(32-5-2)19(31-3)11-16(14)25-23/h6-9,11,25H,4-5,10,12H2,1-3H3,(H,28,29). The maximum atomic E-state index is 13.5. The zero-order valence-electron chi connectivity index (χ0n) is 18.6. The zero-order valence-corrected chi connectivity index (χ0v) is 18.6. The molecule has 0 atom stereocenters. The Morgan fingerprint density at radius 3 is 2.64 bits per heavy atom. The molecular weight excluding hydrogens is 428 g/mol. The number of carboxylic acids is 1. The molecule has 4 rings (SSSR count). The van der Waals surface area contributed by atoms with Gasteiger partial charge < -0.3 is 29.2 Å². The molecule has 9 nitrogen and oxygen atoms in total. The van der Waals surface area contributed by atoms with Crippen LogP contribution in [0.3, 0.4) is 0 Å². The number of benzene rings is 2. The summed E-state index contributed by atoms with van der Waals surface area (Å²) in [6, 6.07) is 8.21. The van der Waals surface area contributed by atoms with E-state index in [9.17, 15) is 19.5 Å². The van der Waals surface area contributed by atoms with Crippen LogP contribution in [0.25, 0.3) is 10.9 Å². The number of nitrogens with one attached hydrogen (secondary N) is 1. The Bertz CT molecular complexity index is 1260. The summed E-state index contributed by atoms with van der Waals surface area (Å²) in [5.74, 6) is -0.213. The first-order valence-electron chi connectivity index (χ1n) is 10.6. The summed E-state index contributed by atoms with van der Waals surface area (Å²) in [6.07, 6.45) is -0.355. The second-order valence-corrected chi connectivity index (χ2v) is 7.47. The molecule has 2 aromatic carbocycles. The highest BCUT2D eigenvalue weighted by Crippen LogP contribution is 2.37. The average Bonchev–Trinajstić information content (AvgIpc) is 3.14. The van der Waals surface area contributed by atoms with Crippen LogP contribution in [0.2, 0.25) is 0 Å². The van der Waals surface area contributed by atoms with E-state index in [4.69, 9.17) is 14.2 Å². The second-order valence-electron chi connectivity index (χ2n) is 7.47.